The average molecular weight is 360 g/mol. The molecule has 0 bridgehead atoms. The Balaban J connectivity index is 1.93. The van der Waals surface area contributed by atoms with E-state index in [2.05, 4.69) is 15.0 Å². The molecule has 2 saturated heterocycles. The normalized spacial score (nSPS) is 21.9. The fraction of sp³-hybridized carbons (Fsp3) is 0.647. The van der Waals surface area contributed by atoms with Gasteiger partial charge in [-0.3, -0.25) is 4.90 Å². The molecule has 140 valence electrons. The standard InChI is InChI=1S/C17H23F3N2O3/c18-17(19,20)25-14-3-1-2-13(16(14)23)15(12-4-10-24-11-5-12)22-8-6-21-7-9-22/h1-3,12,15,21,23H,4-11H2/t15-/m1/s1. The first-order valence-electron chi connectivity index (χ1n) is 8.56. The Morgan fingerprint density at radius 1 is 1.20 bits per heavy atom. The summed E-state index contributed by atoms with van der Waals surface area (Å²) in [7, 11) is 0. The molecular weight excluding hydrogens is 337 g/mol. The number of phenols is 1. The highest BCUT2D eigenvalue weighted by Gasteiger charge is 2.36. The van der Waals surface area contributed by atoms with Gasteiger partial charge in [0.05, 0.1) is 0 Å². The third-order valence-electron chi connectivity index (χ3n) is 4.83. The molecule has 8 heteroatoms. The second kappa shape index (κ2) is 7.80. The number of nitrogens with zero attached hydrogens (tertiary/aromatic N) is 1. The van der Waals surface area contributed by atoms with Crippen LogP contribution < -0.4 is 10.1 Å². The van der Waals surface area contributed by atoms with E-state index in [1.165, 1.54) is 6.07 Å². The number of nitrogens with one attached hydrogen (secondary N) is 1. The van der Waals surface area contributed by atoms with Crippen LogP contribution in [0, 0.1) is 5.92 Å². The first kappa shape index (κ1) is 18.3. The molecule has 0 aromatic heterocycles. The summed E-state index contributed by atoms with van der Waals surface area (Å²) in [5.41, 5.74) is 0.496. The number of alkyl halides is 3. The van der Waals surface area contributed by atoms with E-state index in [0.29, 0.717) is 18.8 Å². The number of piperazine rings is 1. The van der Waals surface area contributed by atoms with Gasteiger partial charge in [-0.25, -0.2) is 0 Å². The number of benzene rings is 1. The number of hydrogen-bond acceptors (Lipinski definition) is 5. The van der Waals surface area contributed by atoms with E-state index in [0.717, 1.165) is 45.1 Å². The van der Waals surface area contributed by atoms with Gasteiger partial charge in [-0.15, -0.1) is 13.2 Å². The topological polar surface area (TPSA) is 54.0 Å². The van der Waals surface area contributed by atoms with Crippen molar-refractivity contribution in [1.82, 2.24) is 10.2 Å². The molecule has 5 nitrogen and oxygen atoms in total. The number of hydrogen-bond donors (Lipinski definition) is 2. The summed E-state index contributed by atoms with van der Waals surface area (Å²) >= 11 is 0. The molecule has 0 radical (unpaired) electrons. The second-order valence-corrected chi connectivity index (χ2v) is 6.42. The predicted molar refractivity (Wildman–Crippen MR) is 85.5 cm³/mol. The fourth-order valence-corrected chi connectivity index (χ4v) is 3.73. The summed E-state index contributed by atoms with van der Waals surface area (Å²) in [6.07, 6.45) is -3.20. The van der Waals surface area contributed by atoms with Gasteiger partial charge in [-0.05, 0) is 24.8 Å². The van der Waals surface area contributed by atoms with Crippen LogP contribution in [0.4, 0.5) is 13.2 Å². The maximum atomic E-state index is 12.6. The highest BCUT2D eigenvalue weighted by atomic mass is 19.4. The van der Waals surface area contributed by atoms with Crippen LogP contribution in [0.25, 0.3) is 0 Å². The molecule has 0 spiro atoms. The molecule has 0 amide bonds. The van der Waals surface area contributed by atoms with Gasteiger partial charge < -0.3 is 19.9 Å². The van der Waals surface area contributed by atoms with Crippen LogP contribution in [-0.4, -0.2) is 55.8 Å². The van der Waals surface area contributed by atoms with Crippen LogP contribution in [0.2, 0.25) is 0 Å². The minimum Gasteiger partial charge on any atom is -0.504 e. The summed E-state index contributed by atoms with van der Waals surface area (Å²) in [5, 5.41) is 13.8. The first-order chi connectivity index (χ1) is 12.0. The van der Waals surface area contributed by atoms with Crippen molar-refractivity contribution in [3.8, 4) is 11.5 Å². The lowest BCUT2D eigenvalue weighted by molar-refractivity contribution is -0.275. The molecule has 0 unspecified atom stereocenters. The van der Waals surface area contributed by atoms with Crippen LogP contribution in [0.5, 0.6) is 11.5 Å². The third kappa shape index (κ3) is 4.56. The molecule has 2 N–H and O–H groups in total. The van der Waals surface area contributed by atoms with Crippen molar-refractivity contribution in [2.45, 2.75) is 25.2 Å². The number of rotatable bonds is 4. The van der Waals surface area contributed by atoms with Crippen molar-refractivity contribution < 1.29 is 27.8 Å². The van der Waals surface area contributed by atoms with Crippen LogP contribution in [0.3, 0.4) is 0 Å². The fourth-order valence-electron chi connectivity index (χ4n) is 3.73. The van der Waals surface area contributed by atoms with Crippen molar-refractivity contribution >= 4 is 0 Å². The maximum Gasteiger partial charge on any atom is 0.573 e. The largest absolute Gasteiger partial charge is 0.573 e. The SMILES string of the molecule is Oc1c(OC(F)(F)F)cccc1[C@@H](C1CCOCC1)N1CCNCC1. The smallest absolute Gasteiger partial charge is 0.504 e. The number of halogens is 3. The molecule has 1 aromatic rings. The van der Waals surface area contributed by atoms with Crippen molar-refractivity contribution in [3.63, 3.8) is 0 Å². The van der Waals surface area contributed by atoms with E-state index in [1.54, 1.807) is 6.07 Å². The highest BCUT2D eigenvalue weighted by molar-refractivity contribution is 5.47. The molecule has 2 fully saturated rings. The number of phenolic OH excluding ortho intramolecular Hbond substituents is 1. The van der Waals surface area contributed by atoms with Gasteiger partial charge in [0.15, 0.2) is 11.5 Å². The number of ether oxygens (including phenoxy) is 2. The van der Waals surface area contributed by atoms with Crippen molar-refractivity contribution in [2.24, 2.45) is 5.92 Å². The molecular formula is C17H23F3N2O3. The zero-order valence-corrected chi connectivity index (χ0v) is 13.9. The van der Waals surface area contributed by atoms with Crippen LogP contribution in [-0.2, 0) is 4.74 Å². The zero-order valence-electron chi connectivity index (χ0n) is 13.9. The molecule has 2 aliphatic heterocycles. The average Bonchev–Trinajstić information content (AvgIpc) is 2.59. The number of aromatic hydroxyl groups is 1. The monoisotopic (exact) mass is 360 g/mol. The lowest BCUT2D eigenvalue weighted by Gasteiger charge is -2.41. The van der Waals surface area contributed by atoms with Crippen molar-refractivity contribution in [2.75, 3.05) is 39.4 Å². The zero-order chi connectivity index (χ0) is 17.9. The van der Waals surface area contributed by atoms with Crippen LogP contribution >= 0.6 is 0 Å². The summed E-state index contributed by atoms with van der Waals surface area (Å²) in [5.74, 6) is -0.745. The molecule has 1 atom stereocenters. The molecule has 3 rings (SSSR count). The Morgan fingerprint density at radius 2 is 1.88 bits per heavy atom. The molecule has 0 saturated carbocycles. The van der Waals surface area contributed by atoms with Crippen LogP contribution in [0.1, 0.15) is 24.4 Å². The first-order valence-corrected chi connectivity index (χ1v) is 8.56. The summed E-state index contributed by atoms with van der Waals surface area (Å²) in [6, 6.07) is 4.19. The van der Waals surface area contributed by atoms with Crippen molar-refractivity contribution in [1.29, 1.82) is 0 Å². The Morgan fingerprint density at radius 3 is 2.52 bits per heavy atom. The Labute approximate surface area is 144 Å². The second-order valence-electron chi connectivity index (χ2n) is 6.42. The van der Waals surface area contributed by atoms with E-state index < -0.39 is 17.9 Å². The predicted octanol–water partition coefficient (Wildman–Crippen LogP) is 2.66. The molecule has 25 heavy (non-hydrogen) atoms. The summed E-state index contributed by atoms with van der Waals surface area (Å²) in [6.45, 7) is 4.47. The van der Waals surface area contributed by atoms with E-state index >= 15 is 0 Å². The summed E-state index contributed by atoms with van der Waals surface area (Å²) < 4.78 is 47.2. The van der Waals surface area contributed by atoms with Crippen LogP contribution in [0.15, 0.2) is 18.2 Å². The quantitative estimate of drug-likeness (QED) is 0.865. The number of para-hydroxylation sites is 1. The Kier molecular flexibility index (Phi) is 5.71. The van der Waals surface area contributed by atoms with E-state index in [4.69, 9.17) is 4.74 Å². The lowest BCUT2D eigenvalue weighted by atomic mass is 9.85. The third-order valence-corrected chi connectivity index (χ3v) is 4.83. The molecule has 1 aromatic carbocycles. The van der Waals surface area contributed by atoms with Gasteiger partial charge in [-0.2, -0.15) is 0 Å². The van der Waals surface area contributed by atoms with Gasteiger partial charge in [0.25, 0.3) is 0 Å². The van der Waals surface area contributed by atoms with E-state index in [-0.39, 0.29) is 12.0 Å². The Bertz CT molecular complexity index is 553. The lowest BCUT2D eigenvalue weighted by Crippen LogP contribution is -2.47. The van der Waals surface area contributed by atoms with E-state index in [1.807, 2.05) is 0 Å². The van der Waals surface area contributed by atoms with Gasteiger partial charge in [0, 0.05) is 51.0 Å². The Hall–Kier alpha value is -1.51. The van der Waals surface area contributed by atoms with Gasteiger partial charge >= 0.3 is 6.36 Å². The minimum absolute atomic E-state index is 0.150. The molecule has 0 aliphatic carbocycles. The summed E-state index contributed by atoms with van der Waals surface area (Å²) in [4.78, 5) is 2.24. The van der Waals surface area contributed by atoms with Gasteiger partial charge in [0.2, 0.25) is 0 Å². The van der Waals surface area contributed by atoms with E-state index in [9.17, 15) is 18.3 Å². The highest BCUT2D eigenvalue weighted by Crippen LogP contribution is 2.43. The molecule has 2 aliphatic rings. The van der Waals surface area contributed by atoms with Gasteiger partial charge in [-0.1, -0.05) is 12.1 Å². The van der Waals surface area contributed by atoms with Gasteiger partial charge in [0.1, 0.15) is 0 Å². The minimum atomic E-state index is -4.83. The van der Waals surface area contributed by atoms with Crippen molar-refractivity contribution in [3.05, 3.63) is 23.8 Å². The molecule has 2 heterocycles. The maximum absolute atomic E-state index is 12.6.